The van der Waals surface area contributed by atoms with Gasteiger partial charge in [-0.1, -0.05) is 11.6 Å². The quantitative estimate of drug-likeness (QED) is 0.841. The number of piperazine rings is 1. The first kappa shape index (κ1) is 17.5. The molecule has 0 aliphatic carbocycles. The molecule has 1 saturated heterocycles. The van der Waals surface area contributed by atoms with E-state index >= 15 is 0 Å². The first-order valence-corrected chi connectivity index (χ1v) is 8.79. The van der Waals surface area contributed by atoms with Gasteiger partial charge in [-0.15, -0.1) is 0 Å². The lowest BCUT2D eigenvalue weighted by Crippen LogP contribution is -2.52. The van der Waals surface area contributed by atoms with Crippen LogP contribution in [0, 0.1) is 6.92 Å². The molecule has 1 aliphatic rings. The molecule has 0 N–H and O–H groups in total. The molecule has 5 nitrogen and oxygen atoms in total. The predicted molar refractivity (Wildman–Crippen MR) is 99.3 cm³/mol. The fourth-order valence-electron chi connectivity index (χ4n) is 2.97. The first-order valence-electron chi connectivity index (χ1n) is 8.41. The van der Waals surface area contributed by atoms with E-state index < -0.39 is 6.10 Å². The summed E-state index contributed by atoms with van der Waals surface area (Å²) in [6, 6.07) is 9.38. The number of pyridine rings is 1. The number of carbonyl (C=O) groups excluding carboxylic acids is 1. The first-order chi connectivity index (χ1) is 12.0. The van der Waals surface area contributed by atoms with Crippen LogP contribution in [0.3, 0.4) is 0 Å². The zero-order chi connectivity index (χ0) is 17.8. The van der Waals surface area contributed by atoms with E-state index in [0.717, 1.165) is 24.3 Å². The van der Waals surface area contributed by atoms with E-state index in [1.807, 2.05) is 42.3 Å². The number of aromatic nitrogens is 1. The summed E-state index contributed by atoms with van der Waals surface area (Å²) >= 11 is 5.96. The summed E-state index contributed by atoms with van der Waals surface area (Å²) in [6.45, 7) is 6.67. The van der Waals surface area contributed by atoms with Crippen molar-refractivity contribution in [3.63, 3.8) is 0 Å². The van der Waals surface area contributed by atoms with Crippen LogP contribution in [0.4, 0.5) is 5.69 Å². The molecule has 1 aliphatic heterocycles. The standard InChI is InChI=1S/C19H22ClN3O2/c1-14-12-16(20)5-6-18(14)25-15(2)19(24)23-10-8-22(9-11-23)17-4-3-7-21-13-17/h3-7,12-13,15H,8-11H2,1-2H3/t15-/m1/s1. The fraction of sp³-hybridized carbons (Fsp3) is 0.368. The molecule has 1 atom stereocenters. The lowest BCUT2D eigenvalue weighted by molar-refractivity contribution is -0.138. The Bertz CT molecular complexity index is 731. The molecule has 1 aromatic heterocycles. The maximum absolute atomic E-state index is 12.7. The normalized spacial score (nSPS) is 15.8. The molecular formula is C19H22ClN3O2. The minimum absolute atomic E-state index is 0.0141. The minimum Gasteiger partial charge on any atom is -0.481 e. The van der Waals surface area contributed by atoms with E-state index in [0.29, 0.717) is 23.9 Å². The van der Waals surface area contributed by atoms with E-state index in [4.69, 9.17) is 16.3 Å². The van der Waals surface area contributed by atoms with Crippen molar-refractivity contribution < 1.29 is 9.53 Å². The Morgan fingerprint density at radius 3 is 2.64 bits per heavy atom. The van der Waals surface area contributed by atoms with Gasteiger partial charge in [-0.2, -0.15) is 0 Å². The van der Waals surface area contributed by atoms with Crippen LogP contribution in [0.15, 0.2) is 42.7 Å². The monoisotopic (exact) mass is 359 g/mol. The maximum Gasteiger partial charge on any atom is 0.263 e. The maximum atomic E-state index is 12.7. The highest BCUT2D eigenvalue weighted by Gasteiger charge is 2.26. The summed E-state index contributed by atoms with van der Waals surface area (Å²) in [4.78, 5) is 20.9. The van der Waals surface area contributed by atoms with Crippen molar-refractivity contribution in [2.45, 2.75) is 20.0 Å². The summed E-state index contributed by atoms with van der Waals surface area (Å²) in [5.74, 6) is 0.708. The van der Waals surface area contributed by atoms with Gasteiger partial charge in [0.15, 0.2) is 6.10 Å². The summed E-state index contributed by atoms with van der Waals surface area (Å²) < 4.78 is 5.85. The van der Waals surface area contributed by atoms with Crippen LogP contribution in [-0.4, -0.2) is 48.1 Å². The highest BCUT2D eigenvalue weighted by atomic mass is 35.5. The van der Waals surface area contributed by atoms with Crippen LogP contribution >= 0.6 is 11.6 Å². The van der Waals surface area contributed by atoms with Crippen molar-refractivity contribution in [3.8, 4) is 5.75 Å². The second-order valence-electron chi connectivity index (χ2n) is 6.19. The lowest BCUT2D eigenvalue weighted by Gasteiger charge is -2.37. The van der Waals surface area contributed by atoms with Gasteiger partial charge >= 0.3 is 0 Å². The predicted octanol–water partition coefficient (Wildman–Crippen LogP) is 3.16. The van der Waals surface area contributed by atoms with Crippen molar-refractivity contribution in [1.82, 2.24) is 9.88 Å². The molecule has 25 heavy (non-hydrogen) atoms. The van der Waals surface area contributed by atoms with Crippen LogP contribution in [-0.2, 0) is 4.79 Å². The Hall–Kier alpha value is -2.27. The second-order valence-corrected chi connectivity index (χ2v) is 6.63. The van der Waals surface area contributed by atoms with Gasteiger partial charge in [0.25, 0.3) is 5.91 Å². The summed E-state index contributed by atoms with van der Waals surface area (Å²) in [5, 5.41) is 0.662. The summed E-state index contributed by atoms with van der Waals surface area (Å²) in [6.07, 6.45) is 3.10. The molecule has 0 saturated carbocycles. The SMILES string of the molecule is Cc1cc(Cl)ccc1O[C@H](C)C(=O)N1CCN(c2cccnc2)CC1. The second kappa shape index (κ2) is 7.74. The molecule has 6 heteroatoms. The number of hydrogen-bond acceptors (Lipinski definition) is 4. The summed E-state index contributed by atoms with van der Waals surface area (Å²) in [7, 11) is 0. The molecule has 1 fully saturated rings. The zero-order valence-corrected chi connectivity index (χ0v) is 15.2. The molecule has 0 unspecified atom stereocenters. The number of ether oxygens (including phenoxy) is 1. The number of halogens is 1. The van der Waals surface area contributed by atoms with E-state index in [1.54, 1.807) is 19.2 Å². The average molecular weight is 360 g/mol. The highest BCUT2D eigenvalue weighted by Crippen LogP contribution is 2.23. The molecule has 0 bridgehead atoms. The number of carbonyl (C=O) groups is 1. The number of amides is 1. The van der Waals surface area contributed by atoms with Gasteiger partial charge in [0.05, 0.1) is 11.9 Å². The van der Waals surface area contributed by atoms with Crippen LogP contribution in [0.25, 0.3) is 0 Å². The van der Waals surface area contributed by atoms with Gasteiger partial charge in [0.2, 0.25) is 0 Å². The van der Waals surface area contributed by atoms with Gasteiger partial charge < -0.3 is 14.5 Å². The Kier molecular flexibility index (Phi) is 5.43. The van der Waals surface area contributed by atoms with E-state index in [1.165, 1.54) is 0 Å². The number of anilines is 1. The molecule has 2 aromatic rings. The third-order valence-electron chi connectivity index (χ3n) is 4.39. The number of benzene rings is 1. The van der Waals surface area contributed by atoms with Crippen molar-refractivity contribution in [2.75, 3.05) is 31.1 Å². The smallest absolute Gasteiger partial charge is 0.263 e. The Morgan fingerprint density at radius 2 is 2.00 bits per heavy atom. The van der Waals surface area contributed by atoms with Crippen molar-refractivity contribution >= 4 is 23.2 Å². The van der Waals surface area contributed by atoms with Crippen molar-refractivity contribution in [2.24, 2.45) is 0 Å². The fourth-order valence-corrected chi connectivity index (χ4v) is 3.20. The molecule has 2 heterocycles. The Labute approximate surface area is 153 Å². The Morgan fingerprint density at radius 1 is 1.24 bits per heavy atom. The van der Waals surface area contributed by atoms with Gasteiger partial charge in [0, 0.05) is 37.4 Å². The molecule has 0 radical (unpaired) electrons. The van der Waals surface area contributed by atoms with Gasteiger partial charge in [-0.3, -0.25) is 9.78 Å². The van der Waals surface area contributed by atoms with Crippen LogP contribution in [0.1, 0.15) is 12.5 Å². The molecule has 3 rings (SSSR count). The average Bonchev–Trinajstić information content (AvgIpc) is 2.64. The lowest BCUT2D eigenvalue weighted by atomic mass is 10.2. The van der Waals surface area contributed by atoms with Crippen LogP contribution in [0.5, 0.6) is 5.75 Å². The minimum atomic E-state index is -0.523. The number of rotatable bonds is 4. The van der Waals surface area contributed by atoms with Crippen LogP contribution in [0.2, 0.25) is 5.02 Å². The number of aryl methyl sites for hydroxylation is 1. The summed E-state index contributed by atoms with van der Waals surface area (Å²) in [5.41, 5.74) is 2.02. The van der Waals surface area contributed by atoms with Crippen molar-refractivity contribution in [1.29, 1.82) is 0 Å². The van der Waals surface area contributed by atoms with E-state index in [9.17, 15) is 4.79 Å². The molecular weight excluding hydrogens is 338 g/mol. The molecule has 0 spiro atoms. The molecule has 132 valence electrons. The van der Waals surface area contributed by atoms with Gasteiger partial charge in [-0.05, 0) is 49.7 Å². The third-order valence-corrected chi connectivity index (χ3v) is 4.63. The number of hydrogen-bond donors (Lipinski definition) is 0. The number of nitrogens with zero attached hydrogens (tertiary/aromatic N) is 3. The zero-order valence-electron chi connectivity index (χ0n) is 14.5. The largest absolute Gasteiger partial charge is 0.481 e. The van der Waals surface area contributed by atoms with E-state index in [-0.39, 0.29) is 5.91 Å². The highest BCUT2D eigenvalue weighted by molar-refractivity contribution is 6.30. The topological polar surface area (TPSA) is 45.7 Å². The van der Waals surface area contributed by atoms with E-state index in [2.05, 4.69) is 9.88 Å². The Balaban J connectivity index is 1.56. The van der Waals surface area contributed by atoms with Crippen LogP contribution < -0.4 is 9.64 Å². The van der Waals surface area contributed by atoms with Gasteiger partial charge in [0.1, 0.15) is 5.75 Å². The third kappa shape index (κ3) is 4.23. The van der Waals surface area contributed by atoms with Gasteiger partial charge in [-0.25, -0.2) is 0 Å². The molecule has 1 aromatic carbocycles. The molecule has 1 amide bonds. The van der Waals surface area contributed by atoms with Crippen molar-refractivity contribution in [3.05, 3.63) is 53.3 Å².